The third-order valence-corrected chi connectivity index (χ3v) is 11.9. The number of terminal acetylenes is 1. The van der Waals surface area contributed by atoms with Crippen molar-refractivity contribution in [2.75, 3.05) is 25.6 Å². The Morgan fingerprint density at radius 3 is 2.20 bits per heavy atom. The summed E-state index contributed by atoms with van der Waals surface area (Å²) < 4.78 is 59.4. The van der Waals surface area contributed by atoms with Crippen LogP contribution in [0.5, 0.6) is 0 Å². The number of anilines is 1. The van der Waals surface area contributed by atoms with Crippen LogP contribution in [0.4, 0.5) is 10.2 Å². The van der Waals surface area contributed by atoms with Gasteiger partial charge in [-0.15, -0.1) is 6.42 Å². The standard InChI is InChI=1S/C42H62FN6O9P/c1-5-8-10-12-14-16-21-25-54-39(51)31(4)58-59(53,48-33(27-32-23-19-18-20-24-32)40(52)55-26-22-17-15-13-11-9-6-2)56-29-42(7-3)34(50)28-35(57-42)49-30-45-36-37(44)46-41(43)47-38(36)49/h3,18-20,23-24,30-31,33-35,50H,5-6,8-17,21-22,25-29H2,1-2,4H3,(H,48,53)(H2,44,46,47)/t31-,33-,34-,35+,42+,59+/m0/s1. The van der Waals surface area contributed by atoms with E-state index >= 15 is 0 Å². The van der Waals surface area contributed by atoms with Gasteiger partial charge in [-0.1, -0.05) is 127 Å². The first-order chi connectivity index (χ1) is 28.4. The number of ether oxygens (including phenoxy) is 3. The number of unbranched alkanes of at least 4 members (excludes halogenated alkanes) is 12. The SMILES string of the molecule is C#C[C@]1(CO[P@](=O)(N[C@@H](Cc2ccccc2)C(=O)OCCCCCCCCC)O[C@@H](C)C(=O)OCCCCCCCCC)O[C@@H](n2cnc3c(N)nc(F)nc32)C[C@@H]1O. The van der Waals surface area contributed by atoms with Crippen molar-refractivity contribution < 1.29 is 46.9 Å². The lowest BCUT2D eigenvalue weighted by molar-refractivity contribution is -0.152. The van der Waals surface area contributed by atoms with Gasteiger partial charge in [-0.05, 0) is 31.7 Å². The average Bonchev–Trinajstić information content (AvgIpc) is 3.79. The zero-order chi connectivity index (χ0) is 42.7. The van der Waals surface area contributed by atoms with Crippen LogP contribution in [-0.2, 0) is 43.8 Å². The number of hydrogen-bond donors (Lipinski definition) is 3. The number of aliphatic hydroxyl groups is 1. The fraction of sp³-hybridized carbons (Fsp3) is 0.643. The molecule has 1 aliphatic rings. The number of carbonyl (C=O) groups is 2. The molecule has 2 aromatic heterocycles. The predicted octanol–water partition coefficient (Wildman–Crippen LogP) is 7.52. The number of halogens is 1. The van der Waals surface area contributed by atoms with Crippen molar-refractivity contribution >= 4 is 36.7 Å². The molecule has 4 N–H and O–H groups in total. The van der Waals surface area contributed by atoms with Crippen molar-refractivity contribution in [2.45, 2.75) is 154 Å². The summed E-state index contributed by atoms with van der Waals surface area (Å²) in [5.41, 5.74) is 4.73. The third kappa shape index (κ3) is 14.6. The summed E-state index contributed by atoms with van der Waals surface area (Å²) in [4.78, 5) is 38.3. The van der Waals surface area contributed by atoms with E-state index < -0.39 is 62.4 Å². The number of nitrogens with two attached hydrogens (primary N) is 1. The highest BCUT2D eigenvalue weighted by Gasteiger charge is 2.50. The van der Waals surface area contributed by atoms with Gasteiger partial charge in [-0.3, -0.25) is 18.4 Å². The number of esters is 2. The van der Waals surface area contributed by atoms with Gasteiger partial charge in [0.25, 0.3) is 0 Å². The summed E-state index contributed by atoms with van der Waals surface area (Å²) in [5, 5.41) is 14.0. The van der Waals surface area contributed by atoms with Gasteiger partial charge in [0, 0.05) is 6.42 Å². The van der Waals surface area contributed by atoms with E-state index in [0.29, 0.717) is 12.8 Å². The number of aliphatic hydroxyl groups excluding tert-OH is 1. The molecule has 0 unspecified atom stereocenters. The maximum Gasteiger partial charge on any atom is 0.407 e. The Balaban J connectivity index is 1.52. The van der Waals surface area contributed by atoms with Gasteiger partial charge in [0.1, 0.15) is 25.0 Å². The summed E-state index contributed by atoms with van der Waals surface area (Å²) in [7, 11) is -4.71. The maximum atomic E-state index is 14.9. The molecule has 326 valence electrons. The fourth-order valence-corrected chi connectivity index (χ4v) is 8.42. The Morgan fingerprint density at radius 2 is 1.59 bits per heavy atom. The number of imidazole rings is 1. The maximum absolute atomic E-state index is 14.9. The molecule has 1 aliphatic heterocycles. The number of rotatable bonds is 28. The smallest absolute Gasteiger partial charge is 0.407 e. The van der Waals surface area contributed by atoms with Gasteiger partial charge < -0.3 is 25.1 Å². The Morgan fingerprint density at radius 1 is 1.00 bits per heavy atom. The van der Waals surface area contributed by atoms with E-state index in [-0.39, 0.29) is 43.0 Å². The van der Waals surface area contributed by atoms with E-state index in [1.54, 1.807) is 24.3 Å². The van der Waals surface area contributed by atoms with Gasteiger partial charge in [0.05, 0.1) is 19.5 Å². The van der Waals surface area contributed by atoms with Crippen LogP contribution in [0.25, 0.3) is 11.2 Å². The topological polar surface area (TPSA) is 199 Å². The molecule has 0 aliphatic carbocycles. The molecule has 1 saturated heterocycles. The van der Waals surface area contributed by atoms with Crippen molar-refractivity contribution in [3.05, 3.63) is 48.3 Å². The van der Waals surface area contributed by atoms with Crippen LogP contribution in [-0.4, -0.2) is 80.2 Å². The number of nitrogens with zero attached hydrogens (tertiary/aromatic N) is 4. The molecule has 4 rings (SSSR count). The first kappa shape index (κ1) is 47.7. The quantitative estimate of drug-likeness (QED) is 0.0213. The molecule has 0 amide bonds. The number of benzene rings is 1. The highest BCUT2D eigenvalue weighted by molar-refractivity contribution is 7.51. The van der Waals surface area contributed by atoms with E-state index in [2.05, 4.69) is 39.8 Å². The highest BCUT2D eigenvalue weighted by Crippen LogP contribution is 2.49. The van der Waals surface area contributed by atoms with Crippen LogP contribution in [0, 0.1) is 18.4 Å². The Kier molecular flexibility index (Phi) is 19.7. The average molecular weight is 845 g/mol. The van der Waals surface area contributed by atoms with Crippen LogP contribution in [0.15, 0.2) is 36.7 Å². The molecule has 0 bridgehead atoms. The van der Waals surface area contributed by atoms with E-state index in [1.165, 1.54) is 30.7 Å². The molecule has 0 spiro atoms. The molecule has 15 nitrogen and oxygen atoms in total. The molecule has 59 heavy (non-hydrogen) atoms. The van der Waals surface area contributed by atoms with Crippen LogP contribution in [0.2, 0.25) is 0 Å². The van der Waals surface area contributed by atoms with Gasteiger partial charge in [0.15, 0.2) is 28.7 Å². The van der Waals surface area contributed by atoms with Crippen LogP contribution in [0.1, 0.15) is 129 Å². The van der Waals surface area contributed by atoms with Crippen molar-refractivity contribution in [1.29, 1.82) is 0 Å². The van der Waals surface area contributed by atoms with E-state index in [1.807, 2.05) is 6.07 Å². The lowest BCUT2D eigenvalue weighted by Gasteiger charge is -2.31. The minimum atomic E-state index is -4.71. The van der Waals surface area contributed by atoms with Crippen LogP contribution >= 0.6 is 7.75 Å². The van der Waals surface area contributed by atoms with Gasteiger partial charge >= 0.3 is 25.8 Å². The molecular formula is C42H62FN6O9P. The number of carbonyl (C=O) groups excluding carboxylic acids is 2. The van der Waals surface area contributed by atoms with E-state index in [4.69, 9.17) is 35.4 Å². The summed E-state index contributed by atoms with van der Waals surface area (Å²) in [6.07, 6.45) is 16.5. The van der Waals surface area contributed by atoms with Crippen molar-refractivity contribution in [3.63, 3.8) is 0 Å². The number of nitrogens with one attached hydrogen (secondary N) is 1. The third-order valence-electron chi connectivity index (χ3n) is 10.2. The molecule has 1 aromatic carbocycles. The largest absolute Gasteiger partial charge is 0.465 e. The van der Waals surface area contributed by atoms with E-state index in [9.17, 15) is 23.7 Å². The molecule has 3 aromatic rings. The Labute approximate surface area is 347 Å². The monoisotopic (exact) mass is 844 g/mol. The van der Waals surface area contributed by atoms with E-state index in [0.717, 1.165) is 69.8 Å². The summed E-state index contributed by atoms with van der Waals surface area (Å²) >= 11 is 0. The molecule has 1 fully saturated rings. The zero-order valence-corrected chi connectivity index (χ0v) is 35.6. The van der Waals surface area contributed by atoms with Gasteiger partial charge in [-0.2, -0.15) is 14.4 Å². The summed E-state index contributed by atoms with van der Waals surface area (Å²) in [6.45, 7) is 5.25. The van der Waals surface area contributed by atoms with Gasteiger partial charge in [-0.25, -0.2) is 19.4 Å². The molecular weight excluding hydrogens is 782 g/mol. The van der Waals surface area contributed by atoms with Crippen molar-refractivity contribution in [1.82, 2.24) is 24.6 Å². The normalized spacial score (nSPS) is 19.9. The Hall–Kier alpha value is -3.97. The summed E-state index contributed by atoms with van der Waals surface area (Å²) in [6, 6.07) is 7.77. The van der Waals surface area contributed by atoms with Crippen molar-refractivity contribution in [2.24, 2.45) is 0 Å². The highest BCUT2D eigenvalue weighted by atomic mass is 31.2. The molecule has 0 saturated carbocycles. The number of hydrogen-bond acceptors (Lipinski definition) is 13. The van der Waals surface area contributed by atoms with Crippen molar-refractivity contribution in [3.8, 4) is 12.3 Å². The lowest BCUT2D eigenvalue weighted by atomic mass is 9.99. The predicted molar refractivity (Wildman–Crippen MR) is 221 cm³/mol. The second-order valence-electron chi connectivity index (χ2n) is 15.0. The summed E-state index contributed by atoms with van der Waals surface area (Å²) in [5.74, 6) is 0.735. The first-order valence-corrected chi connectivity index (χ1v) is 22.6. The Bertz CT molecular complexity index is 1850. The van der Waals surface area contributed by atoms with Crippen LogP contribution in [0.3, 0.4) is 0 Å². The zero-order valence-electron chi connectivity index (χ0n) is 34.7. The number of nitrogen functional groups attached to an aromatic ring is 1. The number of fused-ring (bicyclic) bond motifs is 1. The molecule has 0 radical (unpaired) electrons. The second kappa shape index (κ2) is 24.3. The minimum absolute atomic E-state index is 0.000740. The first-order valence-electron chi connectivity index (χ1n) is 21.0. The lowest BCUT2D eigenvalue weighted by Crippen LogP contribution is -2.44. The molecule has 6 atom stereocenters. The van der Waals surface area contributed by atoms with Gasteiger partial charge in [0.2, 0.25) is 0 Å². The fourth-order valence-electron chi connectivity index (χ4n) is 6.78. The second-order valence-corrected chi connectivity index (χ2v) is 16.7. The minimum Gasteiger partial charge on any atom is -0.465 e. The number of aromatic nitrogens is 4. The molecule has 17 heteroatoms. The molecule has 3 heterocycles. The van der Waals surface area contributed by atoms with Crippen LogP contribution < -0.4 is 10.8 Å².